The first kappa shape index (κ1) is 40.0. The fourth-order valence-electron chi connectivity index (χ4n) is 11.8. The van der Waals surface area contributed by atoms with Gasteiger partial charge in [-0.05, 0) is 129 Å². The number of hydrogen-bond acceptors (Lipinski definition) is 6. The zero-order chi connectivity index (χ0) is 46.6. The van der Waals surface area contributed by atoms with Gasteiger partial charge < -0.3 is 4.90 Å². The monoisotopic (exact) mass is 921 g/mol. The summed E-state index contributed by atoms with van der Waals surface area (Å²) in [5.74, 6) is 0. The van der Waals surface area contributed by atoms with Crippen molar-refractivity contribution in [2.45, 2.75) is 15.2 Å². The van der Waals surface area contributed by atoms with E-state index in [0.29, 0.717) is 0 Å². The predicted octanol–water partition coefficient (Wildman–Crippen LogP) is 16.5. The van der Waals surface area contributed by atoms with Gasteiger partial charge in [-0.15, -0.1) is 0 Å². The van der Waals surface area contributed by atoms with Crippen LogP contribution in [0.3, 0.4) is 0 Å². The van der Waals surface area contributed by atoms with E-state index in [9.17, 15) is 0 Å². The highest BCUT2D eigenvalue weighted by molar-refractivity contribution is 8.00. The molecule has 0 bridgehead atoms. The van der Waals surface area contributed by atoms with Gasteiger partial charge in [0.1, 0.15) is 0 Å². The molecule has 0 saturated heterocycles. The number of aromatic nitrogens is 4. The van der Waals surface area contributed by atoms with Gasteiger partial charge in [0.05, 0.1) is 44.9 Å². The Bertz CT molecular complexity index is 4080. The zero-order valence-electron chi connectivity index (χ0n) is 38.2. The average Bonchev–Trinajstić information content (AvgIpc) is 3.92. The first-order valence-electron chi connectivity index (χ1n) is 24.0. The Morgan fingerprint density at radius 1 is 0.380 bits per heavy atom. The molecule has 330 valence electrons. The van der Waals surface area contributed by atoms with Crippen molar-refractivity contribution in [2.24, 2.45) is 0 Å². The highest BCUT2D eigenvalue weighted by Gasteiger charge is 2.54. The zero-order valence-corrected chi connectivity index (χ0v) is 39.0. The molecule has 0 radical (unpaired) electrons. The van der Waals surface area contributed by atoms with Crippen molar-refractivity contribution in [3.8, 4) is 67.2 Å². The molecule has 1 atom stereocenters. The van der Waals surface area contributed by atoms with Crippen LogP contribution in [0.4, 0.5) is 17.1 Å². The molecular weight excluding hydrogens is 883 g/mol. The summed E-state index contributed by atoms with van der Waals surface area (Å²) >= 11 is 1.87. The second kappa shape index (κ2) is 15.5. The van der Waals surface area contributed by atoms with Gasteiger partial charge >= 0.3 is 0 Å². The van der Waals surface area contributed by atoms with E-state index in [4.69, 9.17) is 19.9 Å². The maximum absolute atomic E-state index is 5.64. The number of hydrogen-bond donors (Lipinski definition) is 0. The van der Waals surface area contributed by atoms with Crippen molar-refractivity contribution in [1.82, 2.24) is 19.9 Å². The highest BCUT2D eigenvalue weighted by atomic mass is 32.2. The van der Waals surface area contributed by atoms with E-state index in [1.165, 1.54) is 43.4 Å². The van der Waals surface area contributed by atoms with Gasteiger partial charge in [0.15, 0.2) is 0 Å². The molecule has 0 N–H and O–H groups in total. The van der Waals surface area contributed by atoms with Crippen LogP contribution in [0.2, 0.25) is 0 Å². The summed E-state index contributed by atoms with van der Waals surface area (Å²) in [6, 6.07) is 79.0. The molecule has 0 amide bonds. The first-order chi connectivity index (χ1) is 35.2. The van der Waals surface area contributed by atoms with Gasteiger partial charge in [-0.1, -0.05) is 151 Å². The van der Waals surface area contributed by atoms with Crippen LogP contribution < -0.4 is 4.90 Å². The minimum Gasteiger partial charge on any atom is -0.308 e. The Labute approximate surface area is 414 Å². The Hall–Kier alpha value is -8.97. The maximum Gasteiger partial charge on any atom is 0.0945 e. The summed E-state index contributed by atoms with van der Waals surface area (Å²) < 4.78 is 0. The first-order valence-corrected chi connectivity index (χ1v) is 24.8. The normalized spacial score (nSPS) is 14.7. The third-order valence-corrected chi connectivity index (χ3v) is 15.9. The number of pyridine rings is 4. The summed E-state index contributed by atoms with van der Waals surface area (Å²) in [4.78, 5) is 25.5. The minimum atomic E-state index is -0.605. The molecule has 5 heterocycles. The fraction of sp³-hybridized carbons (Fsp3) is 0.0154. The van der Waals surface area contributed by atoms with Crippen LogP contribution in [0, 0.1) is 0 Å². The van der Waals surface area contributed by atoms with E-state index < -0.39 is 5.41 Å². The Balaban J connectivity index is 0.894. The quantitative estimate of drug-likeness (QED) is 0.171. The van der Waals surface area contributed by atoms with Crippen molar-refractivity contribution in [2.75, 3.05) is 4.90 Å². The average molecular weight is 922 g/mol. The third-order valence-electron chi connectivity index (χ3n) is 14.8. The molecule has 1 spiro atoms. The smallest absolute Gasteiger partial charge is 0.0945 e. The summed E-state index contributed by atoms with van der Waals surface area (Å²) in [5.41, 5.74) is 22.6. The second-order valence-electron chi connectivity index (χ2n) is 18.5. The summed E-state index contributed by atoms with van der Waals surface area (Å²) in [6.07, 6.45) is 5.67. The molecule has 3 aliphatic rings. The molecule has 8 aromatic carbocycles. The van der Waals surface area contributed by atoms with Crippen LogP contribution >= 0.6 is 11.8 Å². The van der Waals surface area contributed by atoms with E-state index in [1.807, 2.05) is 42.5 Å². The molecule has 0 fully saturated rings. The molecule has 1 unspecified atom stereocenters. The van der Waals surface area contributed by atoms with Crippen LogP contribution in [-0.2, 0) is 5.41 Å². The lowest BCUT2D eigenvalue weighted by atomic mass is 9.71. The molecule has 5 nitrogen and oxygen atoms in total. The number of anilines is 3. The van der Waals surface area contributed by atoms with E-state index in [0.717, 1.165) is 94.6 Å². The molecular formula is C65H39N5S. The summed E-state index contributed by atoms with van der Waals surface area (Å²) in [5, 5.41) is 2.21. The Morgan fingerprint density at radius 3 is 1.77 bits per heavy atom. The van der Waals surface area contributed by atoms with Gasteiger partial charge in [0.25, 0.3) is 0 Å². The van der Waals surface area contributed by atoms with Gasteiger partial charge in [0.2, 0.25) is 0 Å². The molecule has 12 aromatic rings. The largest absolute Gasteiger partial charge is 0.308 e. The lowest BCUT2D eigenvalue weighted by molar-refractivity contribution is 0.788. The van der Waals surface area contributed by atoms with Crippen LogP contribution in [0.1, 0.15) is 22.3 Å². The van der Waals surface area contributed by atoms with E-state index in [2.05, 4.69) is 211 Å². The Kier molecular flexibility index (Phi) is 8.74. The van der Waals surface area contributed by atoms with Crippen LogP contribution in [0.25, 0.3) is 89.0 Å². The molecule has 1 aliphatic heterocycles. The van der Waals surface area contributed by atoms with E-state index >= 15 is 0 Å². The molecule has 71 heavy (non-hydrogen) atoms. The van der Waals surface area contributed by atoms with Crippen molar-refractivity contribution >= 4 is 50.6 Å². The van der Waals surface area contributed by atoms with Crippen molar-refractivity contribution in [3.63, 3.8) is 0 Å². The second-order valence-corrected chi connectivity index (χ2v) is 19.6. The lowest BCUT2D eigenvalue weighted by Gasteiger charge is -2.35. The van der Waals surface area contributed by atoms with Crippen molar-refractivity contribution in [3.05, 3.63) is 259 Å². The van der Waals surface area contributed by atoms with Gasteiger partial charge in [0, 0.05) is 67.1 Å². The lowest BCUT2D eigenvalue weighted by Crippen LogP contribution is -2.26. The number of benzene rings is 8. The Morgan fingerprint density at radius 2 is 0.972 bits per heavy atom. The molecule has 15 rings (SSSR count). The standard InChI is InChI=1S/C65H39N5S/c1-2-20-47(21-3-1)70-56-27-6-7-28-58(56)71-64-57(70)32-30-52-59(64)50-22-4-5-25-51(50)65(52)53-26-13-35-68-62(53)63-54(65)29-31-55(69-63)43-17-8-16-42(36-43)44-37-45(48-23-9-14-40-18-11-33-66-60(40)48)39-46(38-44)49-24-10-15-41-19-12-34-67-61(41)49/h1-39H. The SMILES string of the molecule is c1ccc(N2c3ccccc3Sc3c2ccc2c3-c3ccccc3C23c2cccnc2-c2nc(-c4cccc(-c5cc(-c6cccc7cccnc67)cc(-c6cccc7cccnc67)c5)c4)ccc23)cc1. The maximum atomic E-state index is 5.64. The molecule has 0 saturated carbocycles. The molecule has 2 aliphatic carbocycles. The van der Waals surface area contributed by atoms with Crippen molar-refractivity contribution < 1.29 is 0 Å². The predicted molar refractivity (Wildman–Crippen MR) is 289 cm³/mol. The van der Waals surface area contributed by atoms with Crippen LogP contribution in [0.15, 0.2) is 247 Å². The summed E-state index contributed by atoms with van der Waals surface area (Å²) in [7, 11) is 0. The molecule has 4 aromatic heterocycles. The van der Waals surface area contributed by atoms with E-state index in [-0.39, 0.29) is 0 Å². The van der Waals surface area contributed by atoms with Gasteiger partial charge in [-0.3, -0.25) is 15.0 Å². The van der Waals surface area contributed by atoms with Crippen LogP contribution in [0.5, 0.6) is 0 Å². The summed E-state index contributed by atoms with van der Waals surface area (Å²) in [6.45, 7) is 0. The topological polar surface area (TPSA) is 54.8 Å². The van der Waals surface area contributed by atoms with Gasteiger partial charge in [-0.25, -0.2) is 4.98 Å². The number of nitrogens with zero attached hydrogens (tertiary/aromatic N) is 5. The third kappa shape index (κ3) is 5.89. The minimum absolute atomic E-state index is 0.605. The fourth-order valence-corrected chi connectivity index (χ4v) is 13.0. The van der Waals surface area contributed by atoms with E-state index in [1.54, 1.807) is 0 Å². The number of fused-ring (bicyclic) bond motifs is 15. The van der Waals surface area contributed by atoms with Crippen molar-refractivity contribution in [1.29, 1.82) is 0 Å². The number of rotatable bonds is 5. The highest BCUT2D eigenvalue weighted by Crippen LogP contribution is 2.66. The van der Waals surface area contributed by atoms with Crippen LogP contribution in [-0.4, -0.2) is 19.9 Å². The number of para-hydroxylation sites is 4. The molecule has 6 heteroatoms. The van der Waals surface area contributed by atoms with Gasteiger partial charge in [-0.2, -0.15) is 0 Å².